The number of hydrogen-bond donors (Lipinski definition) is 2. The number of carboxylic acids is 1. The van der Waals surface area contributed by atoms with E-state index in [9.17, 15) is 18.8 Å². The maximum absolute atomic E-state index is 13.4. The Bertz CT molecular complexity index is 770. The summed E-state index contributed by atoms with van der Waals surface area (Å²) in [6.45, 7) is 4.48. The summed E-state index contributed by atoms with van der Waals surface area (Å²) in [5.74, 6) is -4.09. The Morgan fingerprint density at radius 1 is 1.48 bits per heavy atom. The molecule has 1 aliphatic rings. The van der Waals surface area contributed by atoms with Crippen LogP contribution in [0.5, 0.6) is 0 Å². The van der Waals surface area contributed by atoms with Gasteiger partial charge in [0.1, 0.15) is 11.8 Å². The largest absolute Gasteiger partial charge is 0.478 e. The average Bonchev–Trinajstić information content (AvgIpc) is 2.63. The van der Waals surface area contributed by atoms with Gasteiger partial charge in [-0.1, -0.05) is 18.7 Å². The molecule has 7 heteroatoms. The number of nitrogens with zero attached hydrogens (tertiary/aromatic N) is 2. The third-order valence-electron chi connectivity index (χ3n) is 4.87. The molecule has 1 aliphatic carbocycles. The number of allylic oxidation sites excluding steroid dienone is 1. The lowest BCUT2D eigenvalue weighted by molar-refractivity contribution is -0.132. The maximum atomic E-state index is 13.4. The SMILES string of the molecule is C=C(CNc1cnc(C#N)c(/C=C/C2CCC(C(C)(F)F)CC2)c1)C(=O)O. The normalized spacial score (nSPS) is 20.2. The summed E-state index contributed by atoms with van der Waals surface area (Å²) in [5, 5.41) is 21.0. The third-order valence-corrected chi connectivity index (χ3v) is 4.87. The van der Waals surface area contributed by atoms with Crippen molar-refractivity contribution >= 4 is 17.7 Å². The van der Waals surface area contributed by atoms with Crippen molar-refractivity contribution in [1.29, 1.82) is 5.26 Å². The van der Waals surface area contributed by atoms with Gasteiger partial charge in [0.25, 0.3) is 0 Å². The van der Waals surface area contributed by atoms with E-state index in [0.29, 0.717) is 36.9 Å². The Balaban J connectivity index is 2.03. The van der Waals surface area contributed by atoms with Crippen LogP contribution < -0.4 is 5.32 Å². The minimum atomic E-state index is -2.63. The van der Waals surface area contributed by atoms with Crippen LogP contribution in [-0.2, 0) is 4.79 Å². The van der Waals surface area contributed by atoms with Crippen molar-refractivity contribution in [3.05, 3.63) is 41.7 Å². The number of anilines is 1. The van der Waals surface area contributed by atoms with Gasteiger partial charge in [0.2, 0.25) is 5.92 Å². The molecular weight excluding hydrogens is 352 g/mol. The maximum Gasteiger partial charge on any atom is 0.332 e. The van der Waals surface area contributed by atoms with E-state index in [1.54, 1.807) is 12.1 Å². The van der Waals surface area contributed by atoms with Gasteiger partial charge in [-0.25, -0.2) is 18.6 Å². The molecule has 2 rings (SSSR count). The predicted octanol–water partition coefficient (Wildman–Crippen LogP) is 4.48. The first-order chi connectivity index (χ1) is 12.7. The molecule has 1 saturated carbocycles. The van der Waals surface area contributed by atoms with Crippen LogP contribution in [0.2, 0.25) is 0 Å². The third kappa shape index (κ3) is 5.88. The van der Waals surface area contributed by atoms with Gasteiger partial charge < -0.3 is 10.4 Å². The van der Waals surface area contributed by atoms with Crippen LogP contribution in [-0.4, -0.2) is 28.5 Å². The van der Waals surface area contributed by atoms with Crippen LogP contribution >= 0.6 is 0 Å². The number of hydrogen-bond acceptors (Lipinski definition) is 4. The molecule has 27 heavy (non-hydrogen) atoms. The Morgan fingerprint density at radius 3 is 2.70 bits per heavy atom. The molecule has 0 aliphatic heterocycles. The molecule has 144 valence electrons. The summed E-state index contributed by atoms with van der Waals surface area (Å²) in [7, 11) is 0. The average molecular weight is 375 g/mol. The molecule has 0 bridgehead atoms. The molecule has 1 heterocycles. The number of aliphatic carboxylic acids is 1. The molecule has 1 aromatic heterocycles. The standard InChI is InChI=1S/C20H23F2N3O2/c1-13(19(26)27)11-24-17-9-15(18(10-23)25-12-17)6-3-14-4-7-16(8-5-14)20(2,21)22/h3,6,9,12,14,16,24H,1,4-5,7-8,11H2,2H3,(H,26,27)/b6-3+. The number of carbonyl (C=O) groups is 1. The van der Waals surface area contributed by atoms with Crippen molar-refractivity contribution in [3.63, 3.8) is 0 Å². The van der Waals surface area contributed by atoms with Crippen molar-refractivity contribution in [2.24, 2.45) is 11.8 Å². The summed E-state index contributed by atoms with van der Waals surface area (Å²) >= 11 is 0. The molecule has 0 aromatic carbocycles. The second-order valence-corrected chi connectivity index (χ2v) is 6.96. The number of nitriles is 1. The van der Waals surface area contributed by atoms with Gasteiger partial charge in [-0.15, -0.1) is 0 Å². The molecule has 1 aromatic rings. The molecule has 0 spiro atoms. The second kappa shape index (κ2) is 8.76. The summed E-state index contributed by atoms with van der Waals surface area (Å²) in [4.78, 5) is 14.9. The van der Waals surface area contributed by atoms with E-state index in [1.807, 2.05) is 12.1 Å². The number of nitrogens with one attached hydrogen (secondary N) is 1. The fraction of sp³-hybridized carbons (Fsp3) is 0.450. The molecule has 0 radical (unpaired) electrons. The lowest BCUT2D eigenvalue weighted by Gasteiger charge is -2.30. The Morgan fingerprint density at radius 2 is 2.15 bits per heavy atom. The smallest absolute Gasteiger partial charge is 0.332 e. The van der Waals surface area contributed by atoms with Gasteiger partial charge in [-0.2, -0.15) is 5.26 Å². The molecule has 0 atom stereocenters. The molecule has 0 unspecified atom stereocenters. The minimum absolute atomic E-state index is 0.0148. The van der Waals surface area contributed by atoms with Crippen LogP contribution in [0.1, 0.15) is 43.9 Å². The first kappa shape index (κ1) is 20.6. The summed E-state index contributed by atoms with van der Waals surface area (Å²) < 4.78 is 26.8. The molecule has 0 amide bonds. The number of alkyl halides is 2. The quantitative estimate of drug-likeness (QED) is 0.686. The zero-order valence-electron chi connectivity index (χ0n) is 15.2. The lowest BCUT2D eigenvalue weighted by atomic mass is 9.79. The number of aromatic nitrogens is 1. The van der Waals surface area contributed by atoms with E-state index in [-0.39, 0.29) is 23.7 Å². The van der Waals surface area contributed by atoms with Gasteiger partial charge in [0, 0.05) is 23.6 Å². The van der Waals surface area contributed by atoms with Crippen LogP contribution in [0.25, 0.3) is 6.08 Å². The van der Waals surface area contributed by atoms with E-state index < -0.39 is 17.8 Å². The Labute approximate surface area is 157 Å². The monoisotopic (exact) mass is 375 g/mol. The van der Waals surface area contributed by atoms with Gasteiger partial charge in [0.15, 0.2) is 0 Å². The van der Waals surface area contributed by atoms with E-state index in [4.69, 9.17) is 5.11 Å². The zero-order valence-corrected chi connectivity index (χ0v) is 15.2. The summed E-state index contributed by atoms with van der Waals surface area (Å²) in [6.07, 6.45) is 7.55. The van der Waals surface area contributed by atoms with Crippen LogP contribution in [0, 0.1) is 23.2 Å². The summed E-state index contributed by atoms with van der Waals surface area (Å²) in [5.41, 5.74) is 1.44. The van der Waals surface area contributed by atoms with Gasteiger partial charge in [0.05, 0.1) is 11.9 Å². The highest BCUT2D eigenvalue weighted by Crippen LogP contribution is 2.38. The van der Waals surface area contributed by atoms with E-state index in [0.717, 1.165) is 6.92 Å². The van der Waals surface area contributed by atoms with Crippen molar-refractivity contribution < 1.29 is 18.7 Å². The topological polar surface area (TPSA) is 86.0 Å². The first-order valence-electron chi connectivity index (χ1n) is 8.81. The van der Waals surface area contributed by atoms with Gasteiger partial charge in [-0.05, 0) is 44.6 Å². The molecular formula is C20H23F2N3O2. The molecule has 2 N–H and O–H groups in total. The van der Waals surface area contributed by atoms with E-state index in [1.165, 1.54) is 6.20 Å². The van der Waals surface area contributed by atoms with Crippen molar-refractivity contribution in [2.45, 2.75) is 38.5 Å². The van der Waals surface area contributed by atoms with Crippen LogP contribution in [0.3, 0.4) is 0 Å². The van der Waals surface area contributed by atoms with E-state index >= 15 is 0 Å². The zero-order chi connectivity index (χ0) is 20.0. The number of carboxylic acid groups (broad SMARTS) is 1. The van der Waals surface area contributed by atoms with Crippen LogP contribution in [0.4, 0.5) is 14.5 Å². The molecule has 0 saturated heterocycles. The number of halogens is 2. The fourth-order valence-corrected chi connectivity index (χ4v) is 3.14. The highest BCUT2D eigenvalue weighted by atomic mass is 19.3. The van der Waals surface area contributed by atoms with Crippen molar-refractivity contribution in [1.82, 2.24) is 4.98 Å². The summed E-state index contributed by atoms with van der Waals surface area (Å²) in [6, 6.07) is 3.73. The Hall–Kier alpha value is -2.75. The second-order valence-electron chi connectivity index (χ2n) is 6.96. The molecule has 5 nitrogen and oxygen atoms in total. The predicted molar refractivity (Wildman–Crippen MR) is 99.3 cm³/mol. The van der Waals surface area contributed by atoms with Gasteiger partial charge in [-0.3, -0.25) is 0 Å². The molecule has 1 fully saturated rings. The first-order valence-corrected chi connectivity index (χ1v) is 8.81. The van der Waals surface area contributed by atoms with Crippen LogP contribution in [0.15, 0.2) is 30.5 Å². The minimum Gasteiger partial charge on any atom is -0.478 e. The fourth-order valence-electron chi connectivity index (χ4n) is 3.14. The number of rotatable bonds is 7. The number of pyridine rings is 1. The highest BCUT2D eigenvalue weighted by Gasteiger charge is 2.36. The highest BCUT2D eigenvalue weighted by molar-refractivity contribution is 5.86. The van der Waals surface area contributed by atoms with Crippen molar-refractivity contribution in [2.75, 3.05) is 11.9 Å². The van der Waals surface area contributed by atoms with E-state index in [2.05, 4.69) is 16.9 Å². The van der Waals surface area contributed by atoms with Gasteiger partial charge >= 0.3 is 5.97 Å². The lowest BCUT2D eigenvalue weighted by Crippen LogP contribution is -2.28. The van der Waals surface area contributed by atoms with Crippen molar-refractivity contribution in [3.8, 4) is 6.07 Å². The Kier molecular flexibility index (Phi) is 6.67.